The first-order chi connectivity index (χ1) is 19.3. The van der Waals surface area contributed by atoms with E-state index in [2.05, 4.69) is 4.98 Å². The van der Waals surface area contributed by atoms with Gasteiger partial charge in [-0.1, -0.05) is 23.9 Å². The van der Waals surface area contributed by atoms with Crippen molar-refractivity contribution in [3.63, 3.8) is 0 Å². The van der Waals surface area contributed by atoms with Crippen LogP contribution in [0.4, 0.5) is 10.1 Å². The van der Waals surface area contributed by atoms with E-state index in [1.165, 1.54) is 41.0 Å². The fraction of sp³-hybridized carbons (Fsp3) is 0.172. The van der Waals surface area contributed by atoms with E-state index in [4.69, 9.17) is 4.74 Å². The largest absolute Gasteiger partial charge is 0.454 e. The number of esters is 1. The van der Waals surface area contributed by atoms with Gasteiger partial charge in [0.2, 0.25) is 11.8 Å². The molecule has 1 aliphatic heterocycles. The van der Waals surface area contributed by atoms with E-state index < -0.39 is 41.2 Å². The summed E-state index contributed by atoms with van der Waals surface area (Å²) in [4.78, 5) is 69.2. The average molecular weight is 560 g/mol. The number of fused-ring (bicyclic) bond motifs is 1. The van der Waals surface area contributed by atoms with Gasteiger partial charge in [-0.25, -0.2) is 19.1 Å². The van der Waals surface area contributed by atoms with Crippen LogP contribution in [-0.2, 0) is 20.9 Å². The lowest BCUT2D eigenvalue weighted by atomic mass is 10.1. The number of ketones is 1. The first kappa shape index (κ1) is 26.9. The summed E-state index contributed by atoms with van der Waals surface area (Å²) in [6.07, 6.45) is -0.0782. The molecule has 0 spiro atoms. The fourth-order valence-corrected chi connectivity index (χ4v) is 5.47. The molecule has 0 radical (unpaired) electrons. The zero-order chi connectivity index (χ0) is 28.4. The van der Waals surface area contributed by atoms with Gasteiger partial charge in [-0.2, -0.15) is 0 Å². The monoisotopic (exact) mass is 559 g/mol. The minimum Gasteiger partial charge on any atom is -0.454 e. The molecule has 1 fully saturated rings. The molecule has 2 amide bonds. The molecule has 1 aliphatic rings. The summed E-state index contributed by atoms with van der Waals surface area (Å²) < 4.78 is 19.6. The number of nitrogens with zero attached hydrogens (tertiary/aromatic N) is 3. The summed E-state index contributed by atoms with van der Waals surface area (Å²) in [5, 5.41) is 0.0514. The highest BCUT2D eigenvalue weighted by Gasteiger charge is 2.41. The molecule has 9 nitrogen and oxygen atoms in total. The third-order valence-corrected chi connectivity index (χ3v) is 7.53. The molecule has 40 heavy (non-hydrogen) atoms. The number of anilines is 1. The van der Waals surface area contributed by atoms with Gasteiger partial charge < -0.3 is 4.74 Å². The molecule has 202 valence electrons. The van der Waals surface area contributed by atoms with Gasteiger partial charge in [0, 0.05) is 18.5 Å². The number of halogens is 1. The molecule has 0 N–H and O–H groups in total. The lowest BCUT2D eigenvalue weighted by Crippen LogP contribution is -2.31. The molecule has 3 aromatic carbocycles. The number of ether oxygens (including phenoxy) is 1. The third-order valence-electron chi connectivity index (χ3n) is 6.36. The summed E-state index contributed by atoms with van der Waals surface area (Å²) in [5.41, 5.74) is 0.892. The number of para-hydroxylation sites is 1. The molecule has 1 unspecified atom stereocenters. The van der Waals surface area contributed by atoms with Crippen LogP contribution in [0.5, 0.6) is 0 Å². The number of carbonyl (C=O) groups is 4. The molecule has 0 saturated carbocycles. The molecule has 5 rings (SSSR count). The van der Waals surface area contributed by atoms with E-state index >= 15 is 0 Å². The number of thioether (sulfide) groups is 1. The number of Topliss-reactive ketones (excluding diaryl/α,β-unsaturated/α-hetero) is 1. The van der Waals surface area contributed by atoms with Crippen LogP contribution in [0.25, 0.3) is 10.9 Å². The van der Waals surface area contributed by atoms with Crippen molar-refractivity contribution in [2.45, 2.75) is 30.3 Å². The molecule has 0 bridgehead atoms. The molecular weight excluding hydrogens is 537 g/mol. The number of benzene rings is 3. The van der Waals surface area contributed by atoms with Crippen LogP contribution >= 0.6 is 11.8 Å². The maximum atomic E-state index is 13.2. The van der Waals surface area contributed by atoms with Gasteiger partial charge in [-0.15, -0.1) is 0 Å². The Morgan fingerprint density at radius 2 is 1.65 bits per heavy atom. The fourth-order valence-electron chi connectivity index (χ4n) is 4.29. The smallest absolute Gasteiger partial charge is 0.338 e. The first-order valence-corrected chi connectivity index (χ1v) is 13.2. The summed E-state index contributed by atoms with van der Waals surface area (Å²) in [6, 6.07) is 17.5. The second-order valence-electron chi connectivity index (χ2n) is 8.89. The highest BCUT2D eigenvalue weighted by atomic mass is 32.2. The third kappa shape index (κ3) is 5.28. The van der Waals surface area contributed by atoms with Crippen molar-refractivity contribution >= 4 is 51.9 Å². The highest BCUT2D eigenvalue weighted by molar-refractivity contribution is 8.00. The van der Waals surface area contributed by atoms with Crippen LogP contribution in [-0.4, -0.2) is 45.0 Å². The van der Waals surface area contributed by atoms with Gasteiger partial charge in [0.05, 0.1) is 22.2 Å². The standard InChI is InChI=1S/C29H22FN3O6S/c1-2-32-26(36)21-5-3-4-6-22(21)31-29(32)40-24-15-25(35)33(27(24)37)20-13-9-18(10-14-20)28(38)39-16-23(34)17-7-11-19(30)12-8-17/h3-14,24H,2,15-16H2,1H3. The van der Waals surface area contributed by atoms with Gasteiger partial charge in [-0.05, 0) is 67.6 Å². The molecule has 4 aromatic rings. The van der Waals surface area contributed by atoms with Crippen LogP contribution in [0.15, 0.2) is 82.7 Å². The summed E-state index contributed by atoms with van der Waals surface area (Å²) >= 11 is 1.07. The summed E-state index contributed by atoms with van der Waals surface area (Å²) in [7, 11) is 0. The SMILES string of the molecule is CCn1c(SC2CC(=O)N(c3ccc(C(=O)OCC(=O)c4ccc(F)cc4)cc3)C2=O)nc2ccccc2c1=O. The molecule has 1 saturated heterocycles. The predicted octanol–water partition coefficient (Wildman–Crippen LogP) is 4.02. The number of aromatic nitrogens is 2. The second-order valence-corrected chi connectivity index (χ2v) is 10.1. The Morgan fingerprint density at radius 3 is 2.35 bits per heavy atom. The molecule has 0 aliphatic carbocycles. The van der Waals surface area contributed by atoms with Crippen LogP contribution < -0.4 is 10.5 Å². The van der Waals surface area contributed by atoms with Crippen molar-refractivity contribution in [3.05, 3.63) is 100 Å². The van der Waals surface area contributed by atoms with Gasteiger partial charge in [0.25, 0.3) is 5.56 Å². The van der Waals surface area contributed by atoms with Crippen molar-refractivity contribution in [2.24, 2.45) is 0 Å². The quantitative estimate of drug-likeness (QED) is 0.138. The minimum atomic E-state index is -0.777. The van der Waals surface area contributed by atoms with E-state index in [0.29, 0.717) is 22.6 Å². The zero-order valence-electron chi connectivity index (χ0n) is 21.2. The molecule has 2 heterocycles. The topological polar surface area (TPSA) is 116 Å². The molecule has 11 heteroatoms. The number of rotatable bonds is 8. The molecule has 1 aromatic heterocycles. The van der Waals surface area contributed by atoms with E-state index in [9.17, 15) is 28.4 Å². The van der Waals surface area contributed by atoms with Crippen molar-refractivity contribution in [1.29, 1.82) is 0 Å². The highest BCUT2D eigenvalue weighted by Crippen LogP contribution is 2.33. The predicted molar refractivity (Wildman–Crippen MR) is 146 cm³/mol. The van der Waals surface area contributed by atoms with Gasteiger partial charge in [0.1, 0.15) is 11.1 Å². The maximum Gasteiger partial charge on any atom is 0.338 e. The Hall–Kier alpha value is -4.64. The lowest BCUT2D eigenvalue weighted by Gasteiger charge is -2.16. The Bertz CT molecular complexity index is 1700. The number of amides is 2. The van der Waals surface area contributed by atoms with Gasteiger partial charge in [0.15, 0.2) is 17.5 Å². The maximum absolute atomic E-state index is 13.2. The van der Waals surface area contributed by atoms with Crippen LogP contribution in [0, 0.1) is 5.82 Å². The van der Waals surface area contributed by atoms with Gasteiger partial charge >= 0.3 is 5.97 Å². The lowest BCUT2D eigenvalue weighted by molar-refractivity contribution is -0.121. The number of imide groups is 1. The number of hydrogen-bond donors (Lipinski definition) is 0. The van der Waals surface area contributed by atoms with E-state index in [0.717, 1.165) is 28.8 Å². The number of carbonyl (C=O) groups excluding carboxylic acids is 4. The van der Waals surface area contributed by atoms with Crippen molar-refractivity contribution < 1.29 is 28.3 Å². The molecular formula is C29H22FN3O6S. The molecule has 1 atom stereocenters. The van der Waals surface area contributed by atoms with Crippen LogP contribution in [0.1, 0.15) is 34.1 Å². The Labute approximate surface area is 231 Å². The summed E-state index contributed by atoms with van der Waals surface area (Å²) in [5.74, 6) is -2.63. The van der Waals surface area contributed by atoms with E-state index in [1.54, 1.807) is 31.2 Å². The van der Waals surface area contributed by atoms with E-state index in [-0.39, 0.29) is 28.8 Å². The first-order valence-electron chi connectivity index (χ1n) is 12.4. The van der Waals surface area contributed by atoms with Gasteiger partial charge in [-0.3, -0.25) is 23.7 Å². The summed E-state index contributed by atoms with van der Waals surface area (Å²) in [6.45, 7) is 1.63. The minimum absolute atomic E-state index is 0.0782. The van der Waals surface area contributed by atoms with Crippen molar-refractivity contribution in [3.8, 4) is 0 Å². The van der Waals surface area contributed by atoms with Crippen molar-refractivity contribution in [2.75, 3.05) is 11.5 Å². The normalized spacial score (nSPS) is 15.1. The number of hydrogen-bond acceptors (Lipinski definition) is 8. The zero-order valence-corrected chi connectivity index (χ0v) is 22.0. The second kappa shape index (κ2) is 11.2. The van der Waals surface area contributed by atoms with Crippen molar-refractivity contribution in [1.82, 2.24) is 9.55 Å². The Balaban J connectivity index is 1.27. The Morgan fingerprint density at radius 1 is 0.975 bits per heavy atom. The van der Waals surface area contributed by atoms with Crippen LogP contribution in [0.2, 0.25) is 0 Å². The van der Waals surface area contributed by atoms with E-state index in [1.807, 2.05) is 0 Å². The average Bonchev–Trinajstić information content (AvgIpc) is 3.24. The van der Waals surface area contributed by atoms with Crippen LogP contribution in [0.3, 0.4) is 0 Å². The Kier molecular flexibility index (Phi) is 7.56.